The molecule has 0 aliphatic carbocycles. The molecule has 29 heavy (non-hydrogen) atoms. The number of thiazole rings is 1. The zero-order valence-electron chi connectivity index (χ0n) is 16.1. The molecule has 0 saturated heterocycles. The van der Waals surface area contributed by atoms with Gasteiger partial charge in [-0.15, -0.1) is 11.3 Å². The number of carboxylic acid groups (broad SMARTS) is 1. The van der Waals surface area contributed by atoms with Crippen molar-refractivity contribution in [2.75, 3.05) is 6.61 Å². The number of carboxylic acids is 1. The predicted octanol–water partition coefficient (Wildman–Crippen LogP) is 4.03. The Morgan fingerprint density at radius 3 is 2.90 bits per heavy atom. The van der Waals surface area contributed by atoms with Gasteiger partial charge in [0.25, 0.3) is 0 Å². The number of rotatable bonds is 3. The van der Waals surface area contributed by atoms with E-state index in [1.54, 1.807) is 17.5 Å². The Hall–Kier alpha value is -2.93. The molecule has 0 spiro atoms. The van der Waals surface area contributed by atoms with Crippen molar-refractivity contribution in [1.29, 1.82) is 0 Å². The number of hydrogen-bond donors (Lipinski definition) is 1. The molecule has 2 aromatic heterocycles. The van der Waals surface area contributed by atoms with Crippen LogP contribution >= 0.6 is 11.3 Å². The number of aromatic nitrogens is 2. The van der Waals surface area contributed by atoms with Gasteiger partial charge in [-0.25, -0.2) is 9.78 Å². The molecule has 2 aliphatic heterocycles. The van der Waals surface area contributed by atoms with Gasteiger partial charge in [0.2, 0.25) is 0 Å². The van der Waals surface area contributed by atoms with Crippen molar-refractivity contribution >= 4 is 17.3 Å². The van der Waals surface area contributed by atoms with E-state index >= 15 is 0 Å². The van der Waals surface area contributed by atoms with Crippen LogP contribution < -0.4 is 10.2 Å². The van der Waals surface area contributed by atoms with Gasteiger partial charge in [0.05, 0.1) is 17.9 Å². The van der Waals surface area contributed by atoms with E-state index in [1.807, 2.05) is 9.95 Å². The molecule has 2 aliphatic rings. The van der Waals surface area contributed by atoms with Crippen LogP contribution in [0.5, 0.6) is 5.75 Å². The first-order chi connectivity index (χ1) is 14.0. The van der Waals surface area contributed by atoms with E-state index in [9.17, 15) is 14.7 Å². The van der Waals surface area contributed by atoms with Gasteiger partial charge in [0.15, 0.2) is 5.43 Å². The van der Waals surface area contributed by atoms with Crippen LogP contribution in [0.4, 0.5) is 0 Å². The Morgan fingerprint density at radius 2 is 2.21 bits per heavy atom. The molecule has 0 fully saturated rings. The van der Waals surface area contributed by atoms with Crippen LogP contribution in [0.3, 0.4) is 0 Å². The number of aromatic carboxylic acids is 1. The maximum absolute atomic E-state index is 12.5. The number of hydrogen-bond acceptors (Lipinski definition) is 5. The summed E-state index contributed by atoms with van der Waals surface area (Å²) in [4.78, 5) is 28.6. The third-order valence-electron chi connectivity index (χ3n) is 5.84. The van der Waals surface area contributed by atoms with E-state index in [0.717, 1.165) is 46.0 Å². The number of pyridine rings is 1. The third kappa shape index (κ3) is 2.72. The zero-order valence-corrected chi connectivity index (χ0v) is 17.0. The fourth-order valence-electron chi connectivity index (χ4n) is 4.50. The average Bonchev–Trinajstić information content (AvgIpc) is 3.37. The minimum absolute atomic E-state index is 0.0701. The molecule has 1 N–H and O–H groups in total. The van der Waals surface area contributed by atoms with E-state index < -0.39 is 11.4 Å². The summed E-state index contributed by atoms with van der Waals surface area (Å²) in [7, 11) is 0. The third-order valence-corrected chi connectivity index (χ3v) is 6.65. The minimum atomic E-state index is -1.19. The second-order valence-electron chi connectivity index (χ2n) is 7.87. The Morgan fingerprint density at radius 1 is 1.38 bits per heavy atom. The van der Waals surface area contributed by atoms with Gasteiger partial charge in [0.1, 0.15) is 16.3 Å². The highest BCUT2D eigenvalue weighted by atomic mass is 32.1. The fourth-order valence-corrected chi connectivity index (χ4v) is 5.15. The molecular formula is C22H20N2O4S. The molecule has 5 rings (SSSR count). The first-order valence-electron chi connectivity index (χ1n) is 9.67. The fraction of sp³-hybridized carbons (Fsp3) is 0.318. The summed E-state index contributed by atoms with van der Waals surface area (Å²) in [5.74, 6) is -0.0758. The van der Waals surface area contributed by atoms with Crippen molar-refractivity contribution < 1.29 is 14.6 Å². The quantitative estimate of drug-likeness (QED) is 0.708. The summed E-state index contributed by atoms with van der Waals surface area (Å²) in [6, 6.07) is 3.70. The largest absolute Gasteiger partial charge is 0.492 e. The van der Waals surface area contributed by atoms with E-state index in [4.69, 9.17) is 4.74 Å². The summed E-state index contributed by atoms with van der Waals surface area (Å²) < 4.78 is 7.97. The molecule has 1 aromatic carbocycles. The van der Waals surface area contributed by atoms with Crippen LogP contribution in [0.2, 0.25) is 0 Å². The molecule has 3 aromatic rings. The lowest BCUT2D eigenvalue weighted by molar-refractivity contribution is 0.0694. The SMILES string of the molecule is CC(C)C1Cc2cc(-c3nccs3)c3c(c2-c2cc(=O)c(C(=O)O)cn21)CCO3. The van der Waals surface area contributed by atoms with Crippen molar-refractivity contribution in [3.05, 3.63) is 56.8 Å². The van der Waals surface area contributed by atoms with Gasteiger partial charge in [-0.1, -0.05) is 13.8 Å². The first-order valence-corrected chi connectivity index (χ1v) is 10.5. The Labute approximate surface area is 171 Å². The van der Waals surface area contributed by atoms with Crippen LogP contribution in [0, 0.1) is 5.92 Å². The van der Waals surface area contributed by atoms with Crippen LogP contribution in [0.1, 0.15) is 41.4 Å². The molecule has 1 atom stereocenters. The summed E-state index contributed by atoms with van der Waals surface area (Å²) in [6.07, 6.45) is 4.84. The van der Waals surface area contributed by atoms with Crippen LogP contribution in [-0.2, 0) is 12.8 Å². The van der Waals surface area contributed by atoms with Gasteiger partial charge < -0.3 is 14.4 Å². The summed E-state index contributed by atoms with van der Waals surface area (Å²) in [5.41, 5.74) is 4.42. The molecule has 148 valence electrons. The van der Waals surface area contributed by atoms with Gasteiger partial charge >= 0.3 is 5.97 Å². The minimum Gasteiger partial charge on any atom is -0.492 e. The second-order valence-corrected chi connectivity index (χ2v) is 8.76. The van der Waals surface area contributed by atoms with E-state index in [1.165, 1.54) is 17.8 Å². The van der Waals surface area contributed by atoms with Gasteiger partial charge in [-0.2, -0.15) is 0 Å². The lowest BCUT2D eigenvalue weighted by Gasteiger charge is -2.34. The Bertz CT molecular complexity index is 1190. The van der Waals surface area contributed by atoms with E-state index in [-0.39, 0.29) is 17.5 Å². The highest BCUT2D eigenvalue weighted by molar-refractivity contribution is 7.13. The normalized spacial score (nSPS) is 16.9. The number of nitrogens with zero attached hydrogens (tertiary/aromatic N) is 2. The number of carbonyl (C=O) groups is 1. The Balaban J connectivity index is 1.82. The zero-order chi connectivity index (χ0) is 20.3. The Kier molecular flexibility index (Phi) is 4.10. The van der Waals surface area contributed by atoms with Crippen molar-refractivity contribution in [3.63, 3.8) is 0 Å². The average molecular weight is 408 g/mol. The summed E-state index contributed by atoms with van der Waals surface area (Å²) >= 11 is 1.58. The van der Waals surface area contributed by atoms with Crippen LogP contribution in [0.15, 0.2) is 34.7 Å². The molecule has 0 amide bonds. The number of fused-ring (bicyclic) bond motifs is 5. The van der Waals surface area contributed by atoms with E-state index in [2.05, 4.69) is 24.9 Å². The molecule has 7 heteroatoms. The van der Waals surface area contributed by atoms with Crippen LogP contribution in [-0.4, -0.2) is 27.2 Å². The van der Waals surface area contributed by atoms with Crippen molar-refractivity contribution in [1.82, 2.24) is 9.55 Å². The van der Waals surface area contributed by atoms with Crippen molar-refractivity contribution in [2.24, 2.45) is 5.92 Å². The number of ether oxygens (including phenoxy) is 1. The highest BCUT2D eigenvalue weighted by Crippen LogP contribution is 2.48. The smallest absolute Gasteiger partial charge is 0.341 e. The van der Waals surface area contributed by atoms with Gasteiger partial charge in [-0.3, -0.25) is 4.79 Å². The van der Waals surface area contributed by atoms with Gasteiger partial charge in [-0.05, 0) is 24.0 Å². The maximum Gasteiger partial charge on any atom is 0.341 e. The van der Waals surface area contributed by atoms with Crippen molar-refractivity contribution in [2.45, 2.75) is 32.7 Å². The molecule has 6 nitrogen and oxygen atoms in total. The molecule has 0 bridgehead atoms. The highest BCUT2D eigenvalue weighted by Gasteiger charge is 2.33. The second kappa shape index (κ2) is 6.56. The molecule has 0 saturated carbocycles. The van der Waals surface area contributed by atoms with Crippen molar-refractivity contribution in [3.8, 4) is 27.6 Å². The lowest BCUT2D eigenvalue weighted by atomic mass is 9.83. The number of benzene rings is 1. The lowest BCUT2D eigenvalue weighted by Crippen LogP contribution is -2.28. The molecule has 4 heterocycles. The standard InChI is InChI=1S/C22H20N2O4S/c1-11(2)16-8-12-7-14(21-23-4-6-29-21)20-13(3-5-28-20)19(12)17-9-18(25)15(22(26)27)10-24(16)17/h4,6-7,9-11,16H,3,5,8H2,1-2H3,(H,26,27). The maximum atomic E-state index is 12.5. The molecular weight excluding hydrogens is 388 g/mol. The van der Waals surface area contributed by atoms with Crippen LogP contribution in [0.25, 0.3) is 21.8 Å². The summed E-state index contributed by atoms with van der Waals surface area (Å²) in [5, 5.41) is 12.3. The summed E-state index contributed by atoms with van der Waals surface area (Å²) in [6.45, 7) is 4.83. The van der Waals surface area contributed by atoms with Gasteiger partial charge in [0, 0.05) is 47.4 Å². The first kappa shape index (κ1) is 18.1. The predicted molar refractivity (Wildman–Crippen MR) is 111 cm³/mol. The topological polar surface area (TPSA) is 81.4 Å². The van der Waals surface area contributed by atoms with E-state index in [0.29, 0.717) is 6.61 Å². The molecule has 0 radical (unpaired) electrons. The monoisotopic (exact) mass is 408 g/mol. The molecule has 1 unspecified atom stereocenters.